The number of hydrogen-bond acceptors (Lipinski definition) is 5. The highest BCUT2D eigenvalue weighted by molar-refractivity contribution is 5.91. The molecule has 0 bridgehead atoms. The van der Waals surface area contributed by atoms with E-state index in [1.165, 1.54) is 0 Å². The third-order valence-corrected chi connectivity index (χ3v) is 2.24. The Bertz CT molecular complexity index is 281. The molecule has 2 unspecified atom stereocenters. The van der Waals surface area contributed by atoms with Gasteiger partial charge in [-0.05, 0) is 19.4 Å². The van der Waals surface area contributed by atoms with Crippen LogP contribution in [0.5, 0.6) is 0 Å². The molecule has 0 aromatic carbocycles. The molecule has 14 heavy (non-hydrogen) atoms. The van der Waals surface area contributed by atoms with E-state index < -0.39 is 18.2 Å². The molecule has 0 fully saturated rings. The molecule has 1 N–H and O–H groups in total. The van der Waals surface area contributed by atoms with Gasteiger partial charge in [-0.3, -0.25) is 4.79 Å². The van der Waals surface area contributed by atoms with Gasteiger partial charge in [-0.2, -0.15) is 0 Å². The van der Waals surface area contributed by atoms with Crippen LogP contribution in [-0.2, 0) is 19.1 Å². The van der Waals surface area contributed by atoms with E-state index in [1.54, 1.807) is 13.8 Å². The minimum atomic E-state index is -0.999. The molecule has 5 heteroatoms. The Kier molecular flexibility index (Phi) is 3.24. The Balaban J connectivity index is 2.63. The Morgan fingerprint density at radius 2 is 2.29 bits per heavy atom. The summed E-state index contributed by atoms with van der Waals surface area (Å²) in [5.74, 6) is -0.433. The number of ether oxygens (including phenoxy) is 2. The summed E-state index contributed by atoms with van der Waals surface area (Å²) in [5.41, 5.74) is 1.18. The molecule has 0 spiro atoms. The zero-order chi connectivity index (χ0) is 10.7. The van der Waals surface area contributed by atoms with Gasteiger partial charge in [0.05, 0.1) is 0 Å². The minimum Gasteiger partial charge on any atom is -0.465 e. The van der Waals surface area contributed by atoms with E-state index in [1.807, 2.05) is 0 Å². The van der Waals surface area contributed by atoms with Gasteiger partial charge in [0.2, 0.25) is 0 Å². The van der Waals surface area contributed by atoms with E-state index in [4.69, 9.17) is 4.74 Å². The summed E-state index contributed by atoms with van der Waals surface area (Å²) in [5, 5.41) is 9.49. The van der Waals surface area contributed by atoms with Crippen molar-refractivity contribution in [1.29, 1.82) is 0 Å². The van der Waals surface area contributed by atoms with Crippen LogP contribution in [0.15, 0.2) is 11.1 Å². The van der Waals surface area contributed by atoms with Crippen LogP contribution in [0, 0.1) is 0 Å². The Labute approximate surface area is 81.3 Å². The van der Waals surface area contributed by atoms with Crippen LogP contribution in [0.4, 0.5) is 0 Å². The number of rotatable bonds is 4. The summed E-state index contributed by atoms with van der Waals surface area (Å²) in [4.78, 5) is 21.0. The molecule has 0 radical (unpaired) electrons. The Hall–Kier alpha value is -1.36. The van der Waals surface area contributed by atoms with Crippen molar-refractivity contribution < 1.29 is 24.2 Å². The SMILES string of the molecule is CC1=C(C)C(C(O)COC=O)OC1=O. The van der Waals surface area contributed by atoms with E-state index >= 15 is 0 Å². The fourth-order valence-electron chi connectivity index (χ4n) is 1.26. The second kappa shape index (κ2) is 4.23. The molecule has 0 aromatic rings. The highest BCUT2D eigenvalue weighted by atomic mass is 16.6. The van der Waals surface area contributed by atoms with Gasteiger partial charge in [0.1, 0.15) is 12.7 Å². The molecule has 78 valence electrons. The summed E-state index contributed by atoms with van der Waals surface area (Å²) in [6.07, 6.45) is -1.69. The van der Waals surface area contributed by atoms with Crippen molar-refractivity contribution in [3.63, 3.8) is 0 Å². The molecule has 1 rings (SSSR count). The van der Waals surface area contributed by atoms with E-state index in [0.717, 1.165) is 0 Å². The normalized spacial score (nSPS) is 23.4. The van der Waals surface area contributed by atoms with E-state index in [9.17, 15) is 14.7 Å². The lowest BCUT2D eigenvalue weighted by atomic mass is 10.0. The van der Waals surface area contributed by atoms with Gasteiger partial charge in [0, 0.05) is 5.57 Å². The number of esters is 1. The third kappa shape index (κ3) is 1.93. The fraction of sp³-hybridized carbons (Fsp3) is 0.556. The van der Waals surface area contributed by atoms with Crippen molar-refractivity contribution in [2.75, 3.05) is 6.61 Å². The Morgan fingerprint density at radius 1 is 1.64 bits per heavy atom. The van der Waals surface area contributed by atoms with Gasteiger partial charge in [0.15, 0.2) is 6.10 Å². The van der Waals surface area contributed by atoms with Crippen molar-refractivity contribution in [3.05, 3.63) is 11.1 Å². The van der Waals surface area contributed by atoms with Crippen molar-refractivity contribution in [3.8, 4) is 0 Å². The lowest BCUT2D eigenvalue weighted by Gasteiger charge is -2.17. The Morgan fingerprint density at radius 3 is 2.71 bits per heavy atom. The predicted octanol–water partition coefficient (Wildman–Crippen LogP) is -0.218. The molecule has 2 atom stereocenters. The first-order chi connectivity index (χ1) is 6.57. The van der Waals surface area contributed by atoms with Crippen LogP contribution in [0.3, 0.4) is 0 Å². The summed E-state index contributed by atoms with van der Waals surface area (Å²) in [6.45, 7) is 3.40. The summed E-state index contributed by atoms with van der Waals surface area (Å²) < 4.78 is 9.27. The summed E-state index contributed by atoms with van der Waals surface area (Å²) in [6, 6.07) is 0. The van der Waals surface area contributed by atoms with Gasteiger partial charge in [-0.1, -0.05) is 0 Å². The monoisotopic (exact) mass is 200 g/mol. The second-order valence-electron chi connectivity index (χ2n) is 3.13. The fourth-order valence-corrected chi connectivity index (χ4v) is 1.26. The van der Waals surface area contributed by atoms with Crippen LogP contribution in [-0.4, -0.2) is 36.4 Å². The topological polar surface area (TPSA) is 72.8 Å². The van der Waals surface area contributed by atoms with Crippen molar-refractivity contribution in [2.45, 2.75) is 26.1 Å². The van der Waals surface area contributed by atoms with Crippen molar-refractivity contribution >= 4 is 12.4 Å². The van der Waals surface area contributed by atoms with Crippen LogP contribution in [0.25, 0.3) is 0 Å². The molecule has 5 nitrogen and oxygen atoms in total. The summed E-state index contributed by atoms with van der Waals surface area (Å²) in [7, 11) is 0. The van der Waals surface area contributed by atoms with E-state index in [2.05, 4.69) is 4.74 Å². The van der Waals surface area contributed by atoms with Gasteiger partial charge >= 0.3 is 5.97 Å². The number of carbonyl (C=O) groups is 2. The number of aliphatic hydroxyl groups is 1. The summed E-state index contributed by atoms with van der Waals surface area (Å²) >= 11 is 0. The van der Waals surface area contributed by atoms with Gasteiger partial charge in [0.25, 0.3) is 6.47 Å². The van der Waals surface area contributed by atoms with Crippen LogP contribution in [0.2, 0.25) is 0 Å². The molecular weight excluding hydrogens is 188 g/mol. The highest BCUT2D eigenvalue weighted by Gasteiger charge is 2.34. The van der Waals surface area contributed by atoms with Gasteiger partial charge < -0.3 is 14.6 Å². The van der Waals surface area contributed by atoms with Crippen molar-refractivity contribution in [2.24, 2.45) is 0 Å². The maximum absolute atomic E-state index is 11.1. The second-order valence-corrected chi connectivity index (χ2v) is 3.13. The molecule has 0 saturated carbocycles. The van der Waals surface area contributed by atoms with Gasteiger partial charge in [-0.15, -0.1) is 0 Å². The number of aliphatic hydroxyl groups excluding tert-OH is 1. The largest absolute Gasteiger partial charge is 0.465 e. The maximum Gasteiger partial charge on any atom is 0.334 e. The minimum absolute atomic E-state index is 0.175. The molecule has 0 aliphatic carbocycles. The lowest BCUT2D eigenvalue weighted by Crippen LogP contribution is -2.32. The first kappa shape index (κ1) is 10.7. The quantitative estimate of drug-likeness (QED) is 0.501. The van der Waals surface area contributed by atoms with Crippen molar-refractivity contribution in [1.82, 2.24) is 0 Å². The zero-order valence-electron chi connectivity index (χ0n) is 8.02. The molecule has 0 saturated heterocycles. The molecule has 0 aromatic heterocycles. The predicted molar refractivity (Wildman–Crippen MR) is 46.3 cm³/mol. The highest BCUT2D eigenvalue weighted by Crippen LogP contribution is 2.24. The zero-order valence-corrected chi connectivity index (χ0v) is 8.02. The standard InChI is InChI=1S/C9H12O5/c1-5-6(2)9(12)14-8(5)7(11)3-13-4-10/h4,7-8,11H,3H2,1-2H3. The first-order valence-electron chi connectivity index (χ1n) is 4.19. The van der Waals surface area contributed by atoms with Gasteiger partial charge in [-0.25, -0.2) is 4.79 Å². The average molecular weight is 200 g/mol. The number of cyclic esters (lactones) is 1. The smallest absolute Gasteiger partial charge is 0.334 e. The molecule has 1 heterocycles. The average Bonchev–Trinajstić information content (AvgIpc) is 2.42. The third-order valence-electron chi connectivity index (χ3n) is 2.24. The van der Waals surface area contributed by atoms with Crippen LogP contribution >= 0.6 is 0 Å². The lowest BCUT2D eigenvalue weighted by molar-refractivity contribution is -0.147. The molecular formula is C9H12O5. The number of carbonyl (C=O) groups excluding carboxylic acids is 2. The van der Waals surface area contributed by atoms with E-state index in [0.29, 0.717) is 11.1 Å². The molecule has 0 amide bonds. The number of hydrogen-bond donors (Lipinski definition) is 1. The van der Waals surface area contributed by atoms with E-state index in [-0.39, 0.29) is 13.1 Å². The maximum atomic E-state index is 11.1. The first-order valence-corrected chi connectivity index (χ1v) is 4.19. The van der Waals surface area contributed by atoms with Crippen LogP contribution in [0.1, 0.15) is 13.8 Å². The molecule has 1 aliphatic rings. The molecule has 1 aliphatic heterocycles. The van der Waals surface area contributed by atoms with Crippen LogP contribution < -0.4 is 0 Å².